The molecular weight excluding hydrogens is 310 g/mol. The van der Waals surface area contributed by atoms with E-state index in [-0.39, 0.29) is 5.91 Å². The van der Waals surface area contributed by atoms with E-state index in [2.05, 4.69) is 21.4 Å². The molecule has 0 bridgehead atoms. The van der Waals surface area contributed by atoms with E-state index in [9.17, 15) is 4.79 Å². The number of carbonyl (C=O) groups is 1. The zero-order valence-corrected chi connectivity index (χ0v) is 14.6. The molecule has 130 valence electrons. The minimum atomic E-state index is -0.0832. The molecule has 4 heteroatoms. The Kier molecular flexibility index (Phi) is 6.32. The lowest BCUT2D eigenvalue weighted by Gasteiger charge is -2.13. The predicted molar refractivity (Wildman–Crippen MR) is 100 cm³/mol. The van der Waals surface area contributed by atoms with E-state index in [1.54, 1.807) is 24.5 Å². The standard InChI is InChI=1S/C21H25N3O/c25-21(24-16-13-17-9-4-2-1-3-5-10-17)18-11-8-15-23-20(18)19-12-6-7-14-22-19/h6-9,11-12,14-15H,1-5,10,13,16H2,(H,24,25)/b17-9-. The fourth-order valence-corrected chi connectivity index (χ4v) is 3.21. The Bertz CT molecular complexity index is 725. The van der Waals surface area contributed by atoms with Crippen molar-refractivity contribution in [1.82, 2.24) is 15.3 Å². The Labute approximate surface area is 149 Å². The van der Waals surface area contributed by atoms with Crippen molar-refractivity contribution in [2.45, 2.75) is 44.9 Å². The molecule has 0 spiro atoms. The van der Waals surface area contributed by atoms with Crippen LogP contribution in [0.4, 0.5) is 0 Å². The van der Waals surface area contributed by atoms with Crippen LogP contribution in [0.25, 0.3) is 11.4 Å². The average Bonchev–Trinajstić information content (AvgIpc) is 2.64. The zero-order chi connectivity index (χ0) is 17.3. The molecule has 0 unspecified atom stereocenters. The molecule has 0 aromatic carbocycles. The van der Waals surface area contributed by atoms with Crippen LogP contribution in [0, 0.1) is 0 Å². The first-order chi connectivity index (χ1) is 12.3. The van der Waals surface area contributed by atoms with E-state index in [0.29, 0.717) is 17.8 Å². The highest BCUT2D eigenvalue weighted by Gasteiger charge is 2.14. The van der Waals surface area contributed by atoms with E-state index in [1.807, 2.05) is 18.2 Å². The van der Waals surface area contributed by atoms with Gasteiger partial charge in [0.25, 0.3) is 5.91 Å². The molecule has 4 nitrogen and oxygen atoms in total. The number of allylic oxidation sites excluding steroid dienone is 1. The zero-order valence-electron chi connectivity index (χ0n) is 14.6. The van der Waals surface area contributed by atoms with Gasteiger partial charge in [0.2, 0.25) is 0 Å². The Morgan fingerprint density at radius 1 is 1.00 bits per heavy atom. The Hall–Kier alpha value is -2.49. The third-order valence-corrected chi connectivity index (χ3v) is 4.58. The maximum Gasteiger partial charge on any atom is 0.253 e. The summed E-state index contributed by atoms with van der Waals surface area (Å²) in [5.74, 6) is -0.0832. The summed E-state index contributed by atoms with van der Waals surface area (Å²) in [7, 11) is 0. The Morgan fingerprint density at radius 3 is 2.76 bits per heavy atom. The molecule has 1 amide bonds. The molecule has 0 saturated carbocycles. The summed E-state index contributed by atoms with van der Waals surface area (Å²) < 4.78 is 0. The second-order valence-electron chi connectivity index (χ2n) is 6.44. The molecule has 25 heavy (non-hydrogen) atoms. The molecule has 2 aromatic rings. The number of hydrogen-bond acceptors (Lipinski definition) is 3. The predicted octanol–water partition coefficient (Wildman–Crippen LogP) is 4.54. The number of pyridine rings is 2. The molecule has 2 aromatic heterocycles. The lowest BCUT2D eigenvalue weighted by Crippen LogP contribution is -2.25. The van der Waals surface area contributed by atoms with Gasteiger partial charge >= 0.3 is 0 Å². The molecule has 2 heterocycles. The van der Waals surface area contributed by atoms with E-state index in [4.69, 9.17) is 0 Å². The van der Waals surface area contributed by atoms with Crippen molar-refractivity contribution in [3.63, 3.8) is 0 Å². The quantitative estimate of drug-likeness (QED) is 0.816. The molecular formula is C21H25N3O. The molecule has 0 aliphatic heterocycles. The van der Waals surface area contributed by atoms with Crippen molar-refractivity contribution >= 4 is 5.91 Å². The number of amides is 1. The monoisotopic (exact) mass is 335 g/mol. The first kappa shape index (κ1) is 17.3. The largest absolute Gasteiger partial charge is 0.352 e. The van der Waals surface area contributed by atoms with Crippen molar-refractivity contribution < 1.29 is 4.79 Å². The van der Waals surface area contributed by atoms with Crippen molar-refractivity contribution in [1.29, 1.82) is 0 Å². The highest BCUT2D eigenvalue weighted by atomic mass is 16.1. The van der Waals surface area contributed by atoms with Crippen LogP contribution >= 0.6 is 0 Å². The van der Waals surface area contributed by atoms with Crippen molar-refractivity contribution in [2.75, 3.05) is 6.54 Å². The van der Waals surface area contributed by atoms with Gasteiger partial charge in [0.1, 0.15) is 5.69 Å². The maximum absolute atomic E-state index is 12.6. The molecule has 0 saturated heterocycles. The first-order valence-corrected chi connectivity index (χ1v) is 9.17. The van der Waals surface area contributed by atoms with E-state index >= 15 is 0 Å². The molecule has 0 atom stereocenters. The molecule has 0 fully saturated rings. The number of aromatic nitrogens is 2. The van der Waals surface area contributed by atoms with Crippen LogP contribution in [0.1, 0.15) is 55.3 Å². The van der Waals surface area contributed by atoms with Crippen LogP contribution < -0.4 is 5.32 Å². The Balaban J connectivity index is 1.62. The summed E-state index contributed by atoms with van der Waals surface area (Å²) in [6.07, 6.45) is 14.3. The van der Waals surface area contributed by atoms with E-state index in [0.717, 1.165) is 12.1 Å². The summed E-state index contributed by atoms with van der Waals surface area (Å²) in [6, 6.07) is 9.23. The normalized spacial score (nSPS) is 17.0. The van der Waals surface area contributed by atoms with Gasteiger partial charge in [0.15, 0.2) is 0 Å². The molecule has 3 rings (SSSR count). The summed E-state index contributed by atoms with van der Waals surface area (Å²) in [5.41, 5.74) is 3.41. The van der Waals surface area contributed by atoms with Gasteiger partial charge in [-0.2, -0.15) is 0 Å². The summed E-state index contributed by atoms with van der Waals surface area (Å²) >= 11 is 0. The first-order valence-electron chi connectivity index (χ1n) is 9.17. The van der Waals surface area contributed by atoms with E-state index < -0.39 is 0 Å². The molecule has 1 aliphatic carbocycles. The lowest BCUT2D eigenvalue weighted by molar-refractivity contribution is 0.0954. The smallest absolute Gasteiger partial charge is 0.253 e. The van der Waals surface area contributed by atoms with Gasteiger partial charge in [-0.1, -0.05) is 30.6 Å². The summed E-state index contributed by atoms with van der Waals surface area (Å²) in [5, 5.41) is 3.04. The van der Waals surface area contributed by atoms with Gasteiger partial charge in [-0.05, 0) is 56.4 Å². The van der Waals surface area contributed by atoms with Crippen molar-refractivity contribution in [3.05, 3.63) is 59.9 Å². The van der Waals surface area contributed by atoms with Crippen molar-refractivity contribution in [2.24, 2.45) is 0 Å². The SMILES string of the molecule is O=C(NCC/C1=C\CCCCCC1)c1cccnc1-c1ccccn1. The number of nitrogens with one attached hydrogen (secondary N) is 1. The van der Waals surface area contributed by atoms with Crippen LogP contribution in [0.3, 0.4) is 0 Å². The van der Waals surface area contributed by atoms with Crippen LogP contribution in [0.5, 0.6) is 0 Å². The van der Waals surface area contributed by atoms with Gasteiger partial charge in [-0.15, -0.1) is 0 Å². The van der Waals surface area contributed by atoms with Crippen LogP contribution in [0.2, 0.25) is 0 Å². The second kappa shape index (κ2) is 9.11. The highest BCUT2D eigenvalue weighted by Crippen LogP contribution is 2.20. The molecule has 1 aliphatic rings. The topological polar surface area (TPSA) is 54.9 Å². The number of rotatable bonds is 5. The van der Waals surface area contributed by atoms with Gasteiger partial charge < -0.3 is 5.32 Å². The third-order valence-electron chi connectivity index (χ3n) is 4.58. The van der Waals surface area contributed by atoms with Gasteiger partial charge in [0, 0.05) is 18.9 Å². The Morgan fingerprint density at radius 2 is 1.88 bits per heavy atom. The number of hydrogen-bond donors (Lipinski definition) is 1. The third kappa shape index (κ3) is 4.99. The minimum Gasteiger partial charge on any atom is -0.352 e. The fourth-order valence-electron chi connectivity index (χ4n) is 3.21. The molecule has 1 N–H and O–H groups in total. The average molecular weight is 335 g/mol. The van der Waals surface area contributed by atoms with Crippen molar-refractivity contribution in [3.8, 4) is 11.4 Å². The summed E-state index contributed by atoms with van der Waals surface area (Å²) in [6.45, 7) is 0.668. The second-order valence-corrected chi connectivity index (χ2v) is 6.44. The maximum atomic E-state index is 12.6. The van der Waals surface area contributed by atoms with Crippen LogP contribution in [-0.4, -0.2) is 22.4 Å². The van der Waals surface area contributed by atoms with Gasteiger partial charge in [-0.25, -0.2) is 0 Å². The van der Waals surface area contributed by atoms with Gasteiger partial charge in [-0.3, -0.25) is 14.8 Å². The summed E-state index contributed by atoms with van der Waals surface area (Å²) in [4.78, 5) is 21.3. The van der Waals surface area contributed by atoms with E-state index in [1.165, 1.54) is 44.1 Å². The lowest BCUT2D eigenvalue weighted by atomic mass is 9.98. The van der Waals surface area contributed by atoms with Gasteiger partial charge in [0.05, 0.1) is 11.3 Å². The number of carbonyl (C=O) groups excluding carboxylic acids is 1. The fraction of sp³-hybridized carbons (Fsp3) is 0.381. The highest BCUT2D eigenvalue weighted by molar-refractivity contribution is 5.99. The molecule has 0 radical (unpaired) electrons. The van der Waals surface area contributed by atoms with Crippen LogP contribution in [0.15, 0.2) is 54.4 Å². The minimum absolute atomic E-state index is 0.0832. The van der Waals surface area contributed by atoms with Crippen LogP contribution in [-0.2, 0) is 0 Å². The number of nitrogens with zero attached hydrogens (tertiary/aromatic N) is 2.